The number of aliphatic hydroxyl groups is 1. The molecule has 90 valence electrons. The molecule has 1 aromatic rings. The van der Waals surface area contributed by atoms with Gasteiger partial charge in [-0.05, 0) is 43.9 Å². The van der Waals surface area contributed by atoms with Crippen molar-refractivity contribution in [2.45, 2.75) is 31.3 Å². The maximum absolute atomic E-state index is 9.74. The quantitative estimate of drug-likeness (QED) is 0.799. The van der Waals surface area contributed by atoms with Crippen LogP contribution in [-0.4, -0.2) is 30.1 Å². The zero-order valence-corrected chi connectivity index (χ0v) is 11.3. The molecular weight excluding hydrogens is 218 g/mol. The summed E-state index contributed by atoms with van der Waals surface area (Å²) >= 11 is 1.84. The Morgan fingerprint density at radius 2 is 1.81 bits per heavy atom. The van der Waals surface area contributed by atoms with Crippen LogP contribution < -0.4 is 4.90 Å². The fourth-order valence-electron chi connectivity index (χ4n) is 1.64. The summed E-state index contributed by atoms with van der Waals surface area (Å²) in [6, 6.07) is 8.46. The molecule has 0 bridgehead atoms. The van der Waals surface area contributed by atoms with Crippen molar-refractivity contribution >= 4 is 17.4 Å². The van der Waals surface area contributed by atoms with Crippen molar-refractivity contribution in [3.63, 3.8) is 0 Å². The van der Waals surface area contributed by atoms with Gasteiger partial charge in [0.15, 0.2) is 0 Å². The van der Waals surface area contributed by atoms with Gasteiger partial charge in [0.2, 0.25) is 0 Å². The van der Waals surface area contributed by atoms with Gasteiger partial charge in [0, 0.05) is 24.2 Å². The van der Waals surface area contributed by atoms with Gasteiger partial charge in [-0.3, -0.25) is 0 Å². The topological polar surface area (TPSA) is 23.5 Å². The second-order valence-corrected chi connectivity index (χ2v) is 5.93. The average Bonchev–Trinajstić information content (AvgIpc) is 2.16. The lowest BCUT2D eigenvalue weighted by atomic mass is 10.1. The zero-order chi connectivity index (χ0) is 12.2. The van der Waals surface area contributed by atoms with Gasteiger partial charge in [0.1, 0.15) is 0 Å². The molecule has 0 heterocycles. The average molecular weight is 239 g/mol. The number of thioether (sulfide) groups is 1. The van der Waals surface area contributed by atoms with Crippen LogP contribution in [0.15, 0.2) is 29.2 Å². The summed E-state index contributed by atoms with van der Waals surface area (Å²) in [6.07, 6.45) is 0. The lowest BCUT2D eigenvalue weighted by Gasteiger charge is -2.27. The van der Waals surface area contributed by atoms with Gasteiger partial charge < -0.3 is 10.0 Å². The predicted octanol–water partition coefficient (Wildman–Crippen LogP) is 3.01. The minimum absolute atomic E-state index is 0.632. The number of likely N-dealkylation sites (N-methyl/N-ethyl adjacent to an activating group) is 1. The predicted molar refractivity (Wildman–Crippen MR) is 72.4 cm³/mol. The molecule has 0 aliphatic carbocycles. The first-order valence-corrected chi connectivity index (χ1v) is 6.57. The summed E-state index contributed by atoms with van der Waals surface area (Å²) in [6.45, 7) is 6.43. The first-order valence-electron chi connectivity index (χ1n) is 5.59. The van der Waals surface area contributed by atoms with E-state index < -0.39 is 5.60 Å². The van der Waals surface area contributed by atoms with Gasteiger partial charge in [-0.2, -0.15) is 0 Å². The van der Waals surface area contributed by atoms with Crippen molar-refractivity contribution < 1.29 is 5.11 Å². The minimum atomic E-state index is -0.661. The largest absolute Gasteiger partial charge is 0.389 e. The molecule has 3 heteroatoms. The number of hydrogen-bond donors (Lipinski definition) is 1. The highest BCUT2D eigenvalue weighted by Gasteiger charge is 2.15. The number of rotatable bonds is 5. The highest BCUT2D eigenvalue weighted by Crippen LogP contribution is 2.22. The molecule has 0 amide bonds. The van der Waals surface area contributed by atoms with Crippen LogP contribution in [0.2, 0.25) is 0 Å². The molecule has 0 atom stereocenters. The summed E-state index contributed by atoms with van der Waals surface area (Å²) in [5, 5.41) is 9.74. The van der Waals surface area contributed by atoms with E-state index in [1.54, 1.807) is 0 Å². The Hall–Kier alpha value is -0.670. The number of nitrogens with zero attached hydrogens (tertiary/aromatic N) is 1. The maximum atomic E-state index is 9.74. The molecule has 16 heavy (non-hydrogen) atoms. The molecular formula is C13H21NOS. The molecule has 1 aromatic carbocycles. The van der Waals surface area contributed by atoms with E-state index in [1.807, 2.05) is 32.7 Å². The Bertz CT molecular complexity index is 316. The Kier molecular flexibility index (Phi) is 4.69. The lowest BCUT2D eigenvalue weighted by molar-refractivity contribution is 0.0886. The molecule has 0 spiro atoms. The third-order valence-electron chi connectivity index (χ3n) is 2.21. The van der Waals surface area contributed by atoms with E-state index in [2.05, 4.69) is 36.1 Å². The van der Waals surface area contributed by atoms with Crippen LogP contribution in [0.25, 0.3) is 0 Å². The highest BCUT2D eigenvalue weighted by molar-refractivity contribution is 7.99. The summed E-state index contributed by atoms with van der Waals surface area (Å²) in [4.78, 5) is 3.36. The summed E-state index contributed by atoms with van der Waals surface area (Å²) < 4.78 is 0. The van der Waals surface area contributed by atoms with Crippen molar-refractivity contribution in [1.29, 1.82) is 0 Å². The van der Waals surface area contributed by atoms with Gasteiger partial charge in [0.05, 0.1) is 5.60 Å². The second-order valence-electron chi connectivity index (χ2n) is 4.60. The molecule has 0 unspecified atom stereocenters. The molecule has 0 saturated carbocycles. The molecule has 0 aliphatic rings. The first-order chi connectivity index (χ1) is 7.42. The summed E-state index contributed by atoms with van der Waals surface area (Å²) in [5.74, 6) is 1.10. The van der Waals surface area contributed by atoms with E-state index in [1.165, 1.54) is 4.90 Å². The first kappa shape index (κ1) is 13.4. The van der Waals surface area contributed by atoms with E-state index in [4.69, 9.17) is 0 Å². The molecule has 0 fully saturated rings. The molecule has 1 N–H and O–H groups in total. The van der Waals surface area contributed by atoms with Gasteiger partial charge >= 0.3 is 0 Å². The molecule has 0 aromatic heterocycles. The third-order valence-corrected chi connectivity index (χ3v) is 3.11. The van der Waals surface area contributed by atoms with Gasteiger partial charge in [-0.15, -0.1) is 11.8 Å². The van der Waals surface area contributed by atoms with E-state index in [-0.39, 0.29) is 0 Å². The normalized spacial score (nSPS) is 11.6. The van der Waals surface area contributed by atoms with Crippen LogP contribution in [0.3, 0.4) is 0 Å². The van der Waals surface area contributed by atoms with Crippen molar-refractivity contribution in [3.8, 4) is 0 Å². The van der Waals surface area contributed by atoms with Crippen LogP contribution in [0.5, 0.6) is 0 Å². The van der Waals surface area contributed by atoms with Crippen molar-refractivity contribution in [2.24, 2.45) is 0 Å². The van der Waals surface area contributed by atoms with E-state index in [0.717, 1.165) is 11.4 Å². The number of hydrogen-bond acceptors (Lipinski definition) is 3. The van der Waals surface area contributed by atoms with Gasteiger partial charge in [-0.1, -0.05) is 6.92 Å². The lowest BCUT2D eigenvalue weighted by Crippen LogP contribution is -2.36. The summed E-state index contributed by atoms with van der Waals surface area (Å²) in [7, 11) is 2.00. The monoisotopic (exact) mass is 239 g/mol. The van der Waals surface area contributed by atoms with E-state index >= 15 is 0 Å². The van der Waals surface area contributed by atoms with Crippen LogP contribution in [0.1, 0.15) is 20.8 Å². The summed E-state index contributed by atoms with van der Waals surface area (Å²) in [5.41, 5.74) is 0.480. The molecule has 2 nitrogen and oxygen atoms in total. The SMILES string of the molecule is CCSc1ccc(N(C)CC(C)(C)O)cc1. The molecule has 0 aliphatic heterocycles. The Labute approximate surface area is 103 Å². The van der Waals surface area contributed by atoms with Crippen molar-refractivity contribution in [1.82, 2.24) is 0 Å². The Morgan fingerprint density at radius 1 is 1.25 bits per heavy atom. The third kappa shape index (κ3) is 4.45. The minimum Gasteiger partial charge on any atom is -0.389 e. The number of anilines is 1. The van der Waals surface area contributed by atoms with Crippen LogP contribution in [-0.2, 0) is 0 Å². The number of benzene rings is 1. The fourth-order valence-corrected chi connectivity index (χ4v) is 2.30. The van der Waals surface area contributed by atoms with Gasteiger partial charge in [-0.25, -0.2) is 0 Å². The molecule has 0 radical (unpaired) electrons. The second kappa shape index (κ2) is 5.60. The van der Waals surface area contributed by atoms with Crippen LogP contribution >= 0.6 is 11.8 Å². The Morgan fingerprint density at radius 3 is 2.25 bits per heavy atom. The smallest absolute Gasteiger partial charge is 0.0765 e. The standard InChI is InChI=1S/C13H21NOS/c1-5-16-12-8-6-11(7-9-12)14(4)10-13(2,3)15/h6-9,15H,5,10H2,1-4H3. The van der Waals surface area contributed by atoms with Crippen molar-refractivity contribution in [2.75, 3.05) is 24.2 Å². The van der Waals surface area contributed by atoms with E-state index in [9.17, 15) is 5.11 Å². The maximum Gasteiger partial charge on any atom is 0.0765 e. The van der Waals surface area contributed by atoms with Crippen LogP contribution in [0, 0.1) is 0 Å². The van der Waals surface area contributed by atoms with Crippen LogP contribution in [0.4, 0.5) is 5.69 Å². The fraction of sp³-hybridized carbons (Fsp3) is 0.538. The highest BCUT2D eigenvalue weighted by atomic mass is 32.2. The van der Waals surface area contributed by atoms with E-state index in [0.29, 0.717) is 6.54 Å². The van der Waals surface area contributed by atoms with Gasteiger partial charge in [0.25, 0.3) is 0 Å². The van der Waals surface area contributed by atoms with Crippen molar-refractivity contribution in [3.05, 3.63) is 24.3 Å². The molecule has 1 rings (SSSR count). The zero-order valence-electron chi connectivity index (χ0n) is 10.5. The molecule has 0 saturated heterocycles. The Balaban J connectivity index is 2.66.